The zero-order valence-electron chi connectivity index (χ0n) is 16.6. The van der Waals surface area contributed by atoms with Gasteiger partial charge < -0.3 is 15.8 Å². The molecule has 2 aromatic rings. The number of aryl methyl sites for hydroxylation is 1. The molecule has 0 saturated heterocycles. The molecule has 28 heavy (non-hydrogen) atoms. The van der Waals surface area contributed by atoms with E-state index in [2.05, 4.69) is 10.3 Å². The maximum absolute atomic E-state index is 12.4. The molecule has 0 spiro atoms. The van der Waals surface area contributed by atoms with Gasteiger partial charge in [0.05, 0.1) is 16.4 Å². The van der Waals surface area contributed by atoms with Crippen LogP contribution in [0, 0.1) is 12.8 Å². The summed E-state index contributed by atoms with van der Waals surface area (Å²) >= 11 is 0. The molecule has 1 fully saturated rings. The van der Waals surface area contributed by atoms with Crippen molar-refractivity contribution in [1.82, 2.24) is 10.3 Å². The second-order valence-electron chi connectivity index (χ2n) is 7.73. The number of amides is 1. The number of nitrogen functional groups attached to an aromatic ring is 1. The van der Waals surface area contributed by atoms with Crippen molar-refractivity contribution in [3.05, 3.63) is 30.0 Å². The van der Waals surface area contributed by atoms with E-state index in [0.29, 0.717) is 18.0 Å². The normalized spacial score (nSPS) is 14.1. The molecule has 3 rings (SSSR count). The Morgan fingerprint density at radius 1 is 1.32 bits per heavy atom. The van der Waals surface area contributed by atoms with Gasteiger partial charge in [-0.15, -0.1) is 0 Å². The maximum atomic E-state index is 12.4. The van der Waals surface area contributed by atoms with Gasteiger partial charge in [0.1, 0.15) is 12.4 Å². The number of carbonyl (C=O) groups is 1. The number of hydrogen-bond donors (Lipinski definition) is 2. The average Bonchev–Trinajstić information content (AvgIpc) is 3.14. The first-order chi connectivity index (χ1) is 13.3. The first kappa shape index (κ1) is 21.4. The Morgan fingerprint density at radius 2 is 1.96 bits per heavy atom. The minimum atomic E-state index is -0.450. The quantitative estimate of drug-likeness (QED) is 0.818. The van der Waals surface area contributed by atoms with Crippen LogP contribution in [0.15, 0.2) is 24.3 Å². The van der Waals surface area contributed by atoms with Gasteiger partial charge in [0, 0.05) is 17.3 Å². The average molecular weight is 385 g/mol. The van der Waals surface area contributed by atoms with E-state index in [0.717, 1.165) is 42.3 Å². The smallest absolute Gasteiger partial charge is 0.373 e. The number of carbonyl (C=O) groups excluding carboxylic acids is 3. The van der Waals surface area contributed by atoms with Crippen molar-refractivity contribution in [2.24, 2.45) is 5.92 Å². The number of benzene rings is 1. The summed E-state index contributed by atoms with van der Waals surface area (Å²) in [5.41, 5.74) is 8.08. The summed E-state index contributed by atoms with van der Waals surface area (Å²) in [5, 5.41) is 3.95. The minimum Gasteiger partial charge on any atom is -0.490 e. The number of hydrogen-bond acceptors (Lipinski definition) is 6. The monoisotopic (exact) mass is 385 g/mol. The molecule has 7 heteroatoms. The molecule has 0 atom stereocenters. The second kappa shape index (κ2) is 9.33. The van der Waals surface area contributed by atoms with E-state index in [1.54, 1.807) is 0 Å². The van der Waals surface area contributed by atoms with E-state index in [9.17, 15) is 4.79 Å². The van der Waals surface area contributed by atoms with Crippen molar-refractivity contribution >= 4 is 28.6 Å². The number of anilines is 1. The minimum absolute atomic E-state index is 0.140. The van der Waals surface area contributed by atoms with Gasteiger partial charge in [0.15, 0.2) is 0 Å². The van der Waals surface area contributed by atoms with Crippen molar-refractivity contribution in [3.8, 4) is 5.75 Å². The number of rotatable bonds is 5. The zero-order valence-corrected chi connectivity index (χ0v) is 16.6. The fraction of sp³-hybridized carbons (Fsp3) is 0.476. The Labute approximate surface area is 164 Å². The van der Waals surface area contributed by atoms with Crippen LogP contribution in [-0.2, 0) is 14.4 Å². The van der Waals surface area contributed by atoms with Gasteiger partial charge in [0.25, 0.3) is 0 Å². The largest absolute Gasteiger partial charge is 0.490 e. The molecule has 0 radical (unpaired) electrons. The summed E-state index contributed by atoms with van der Waals surface area (Å²) in [7, 11) is 0. The molecule has 3 N–H and O–H groups in total. The van der Waals surface area contributed by atoms with Crippen molar-refractivity contribution < 1.29 is 19.1 Å². The zero-order chi connectivity index (χ0) is 20.7. The van der Waals surface area contributed by atoms with Gasteiger partial charge in [-0.1, -0.05) is 18.9 Å². The number of aromatic nitrogens is 1. The van der Waals surface area contributed by atoms with Crippen LogP contribution in [0.25, 0.3) is 10.9 Å². The van der Waals surface area contributed by atoms with Crippen LogP contribution in [0.3, 0.4) is 0 Å². The predicted molar refractivity (Wildman–Crippen MR) is 106 cm³/mol. The van der Waals surface area contributed by atoms with E-state index in [1.165, 1.54) is 0 Å². The first-order valence-electron chi connectivity index (χ1n) is 9.37. The van der Waals surface area contributed by atoms with Gasteiger partial charge in [0.2, 0.25) is 5.91 Å². The number of pyridine rings is 1. The molecule has 1 saturated carbocycles. The molecule has 1 amide bonds. The lowest BCUT2D eigenvalue weighted by Gasteiger charge is -2.28. The Hall–Kier alpha value is -2.92. The first-order valence-corrected chi connectivity index (χ1v) is 9.37. The van der Waals surface area contributed by atoms with Crippen LogP contribution >= 0.6 is 0 Å². The molecular weight excluding hydrogens is 358 g/mol. The lowest BCUT2D eigenvalue weighted by atomic mass is 10.0. The molecule has 0 bridgehead atoms. The number of nitrogens with one attached hydrogen (secondary N) is 1. The van der Waals surface area contributed by atoms with Crippen LogP contribution in [0.5, 0.6) is 5.75 Å². The van der Waals surface area contributed by atoms with Gasteiger partial charge in [-0.3, -0.25) is 9.78 Å². The standard InChI is InChI=1S/C20H27N3O2.CO2/c1-13-11-15(21)18-16(22-13)9-6-10-17(18)25-12-20(2,3)23-19(24)14-7-4-5-8-14;2-1-3/h6,9-11,14H,4-5,7-8,12H2,1-3H3,(H2,21,22)(H,23,24);. The van der Waals surface area contributed by atoms with Crippen LogP contribution in [0.1, 0.15) is 45.2 Å². The SMILES string of the molecule is Cc1cc(N)c2c(OCC(C)(C)NC(=O)C3CCCC3)cccc2n1.O=C=O. The third-order valence-corrected chi connectivity index (χ3v) is 4.73. The molecule has 0 unspecified atom stereocenters. The number of fused-ring (bicyclic) bond motifs is 1. The highest BCUT2D eigenvalue weighted by molar-refractivity contribution is 5.95. The van der Waals surface area contributed by atoms with Gasteiger partial charge in [-0.05, 0) is 51.8 Å². The summed E-state index contributed by atoms with van der Waals surface area (Å²) in [4.78, 5) is 33.1. The lowest BCUT2D eigenvalue weighted by Crippen LogP contribution is -2.49. The van der Waals surface area contributed by atoms with Crippen molar-refractivity contribution in [1.29, 1.82) is 0 Å². The molecule has 1 aliphatic rings. The van der Waals surface area contributed by atoms with Crippen molar-refractivity contribution in [2.75, 3.05) is 12.3 Å². The van der Waals surface area contributed by atoms with Gasteiger partial charge >= 0.3 is 6.15 Å². The van der Waals surface area contributed by atoms with Gasteiger partial charge in [-0.2, -0.15) is 9.59 Å². The number of nitrogens with two attached hydrogens (primary N) is 1. The Balaban J connectivity index is 0.000000878. The predicted octanol–water partition coefficient (Wildman–Crippen LogP) is 3.01. The Morgan fingerprint density at radius 3 is 2.61 bits per heavy atom. The summed E-state index contributed by atoms with van der Waals surface area (Å²) in [6, 6.07) is 7.58. The summed E-state index contributed by atoms with van der Waals surface area (Å²) in [6.07, 6.45) is 4.54. The van der Waals surface area contributed by atoms with E-state index in [-0.39, 0.29) is 18.0 Å². The fourth-order valence-corrected chi connectivity index (χ4v) is 3.46. The molecule has 0 aliphatic heterocycles. The number of nitrogens with zero attached hydrogens (tertiary/aromatic N) is 1. The topological polar surface area (TPSA) is 111 Å². The Bertz CT molecular complexity index is 867. The van der Waals surface area contributed by atoms with Crippen LogP contribution in [0.2, 0.25) is 0 Å². The van der Waals surface area contributed by atoms with E-state index >= 15 is 0 Å². The fourth-order valence-electron chi connectivity index (χ4n) is 3.46. The van der Waals surface area contributed by atoms with E-state index < -0.39 is 5.54 Å². The van der Waals surface area contributed by atoms with Crippen molar-refractivity contribution in [3.63, 3.8) is 0 Å². The molecule has 7 nitrogen and oxygen atoms in total. The maximum Gasteiger partial charge on any atom is 0.373 e. The van der Waals surface area contributed by atoms with Crippen LogP contribution < -0.4 is 15.8 Å². The third-order valence-electron chi connectivity index (χ3n) is 4.73. The van der Waals surface area contributed by atoms with Crippen LogP contribution in [-0.4, -0.2) is 29.2 Å². The van der Waals surface area contributed by atoms with E-state index in [1.807, 2.05) is 45.0 Å². The van der Waals surface area contributed by atoms with E-state index in [4.69, 9.17) is 20.1 Å². The van der Waals surface area contributed by atoms with Crippen molar-refractivity contribution in [2.45, 2.75) is 52.0 Å². The number of ether oxygens (including phenoxy) is 1. The third kappa shape index (κ3) is 5.54. The Kier molecular flexibility index (Phi) is 7.12. The lowest BCUT2D eigenvalue weighted by molar-refractivity contribution is -0.191. The van der Waals surface area contributed by atoms with Gasteiger partial charge in [-0.25, -0.2) is 0 Å². The second-order valence-corrected chi connectivity index (χ2v) is 7.73. The molecule has 1 aromatic heterocycles. The summed E-state index contributed by atoms with van der Waals surface area (Å²) < 4.78 is 6.03. The molecule has 1 aliphatic carbocycles. The molecular formula is C21H27N3O4. The molecule has 1 heterocycles. The molecule has 150 valence electrons. The highest BCUT2D eigenvalue weighted by Gasteiger charge is 2.28. The highest BCUT2D eigenvalue weighted by atomic mass is 16.5. The molecule has 1 aromatic carbocycles. The summed E-state index contributed by atoms with van der Waals surface area (Å²) in [5.74, 6) is 0.992. The summed E-state index contributed by atoms with van der Waals surface area (Å²) in [6.45, 7) is 6.26. The van der Waals surface area contributed by atoms with Crippen LogP contribution in [0.4, 0.5) is 5.69 Å². The highest BCUT2D eigenvalue weighted by Crippen LogP contribution is 2.31.